The van der Waals surface area contributed by atoms with E-state index in [1.54, 1.807) is 4.90 Å². The highest BCUT2D eigenvalue weighted by Gasteiger charge is 2.32. The number of carbonyl (C=O) groups is 2. The van der Waals surface area contributed by atoms with Crippen molar-refractivity contribution in [1.82, 2.24) is 4.90 Å². The van der Waals surface area contributed by atoms with Gasteiger partial charge in [0.25, 0.3) is 0 Å². The number of hydrogen-bond donors (Lipinski definition) is 1. The average Bonchev–Trinajstić information content (AvgIpc) is 3.10. The number of rotatable bonds is 6. The van der Waals surface area contributed by atoms with Crippen LogP contribution in [0, 0.1) is 0 Å². The summed E-state index contributed by atoms with van der Waals surface area (Å²) in [5, 5.41) is 8.98. The zero-order valence-corrected chi connectivity index (χ0v) is 13.6. The topological polar surface area (TPSA) is 76.1 Å². The van der Waals surface area contributed by atoms with Gasteiger partial charge < -0.3 is 19.5 Å². The van der Waals surface area contributed by atoms with E-state index in [-0.39, 0.29) is 30.9 Å². The molecule has 0 radical (unpaired) electrons. The molecule has 1 aromatic rings. The largest absolute Gasteiger partial charge is 0.493 e. The average molecular weight is 333 g/mol. The van der Waals surface area contributed by atoms with Gasteiger partial charge in [-0.05, 0) is 25.3 Å². The Labute approximate surface area is 141 Å². The van der Waals surface area contributed by atoms with Gasteiger partial charge in [0.1, 0.15) is 5.75 Å². The van der Waals surface area contributed by atoms with E-state index in [0.717, 1.165) is 24.2 Å². The molecule has 1 fully saturated rings. The van der Waals surface area contributed by atoms with Gasteiger partial charge in [0, 0.05) is 25.3 Å². The highest BCUT2D eigenvalue weighted by molar-refractivity contribution is 5.85. The Hall–Kier alpha value is -2.08. The van der Waals surface area contributed by atoms with E-state index in [0.29, 0.717) is 26.2 Å². The van der Waals surface area contributed by atoms with Crippen molar-refractivity contribution >= 4 is 11.9 Å². The van der Waals surface area contributed by atoms with Crippen molar-refractivity contribution in [3.05, 3.63) is 29.8 Å². The summed E-state index contributed by atoms with van der Waals surface area (Å²) in [4.78, 5) is 25.7. The summed E-state index contributed by atoms with van der Waals surface area (Å²) in [5.41, 5.74) is 0.890. The van der Waals surface area contributed by atoms with Crippen molar-refractivity contribution in [2.24, 2.45) is 0 Å². The van der Waals surface area contributed by atoms with E-state index < -0.39 is 5.97 Å². The number of ether oxygens (including phenoxy) is 2. The molecule has 2 aliphatic rings. The predicted octanol–water partition coefficient (Wildman–Crippen LogP) is 2.03. The van der Waals surface area contributed by atoms with Gasteiger partial charge in [0.2, 0.25) is 5.91 Å². The Morgan fingerprint density at radius 1 is 1.21 bits per heavy atom. The molecule has 0 spiro atoms. The van der Waals surface area contributed by atoms with Crippen molar-refractivity contribution in [1.29, 1.82) is 0 Å². The highest BCUT2D eigenvalue weighted by Crippen LogP contribution is 2.34. The number of para-hydroxylation sites is 1. The van der Waals surface area contributed by atoms with Crippen LogP contribution in [0.5, 0.6) is 5.75 Å². The second-order valence-corrected chi connectivity index (χ2v) is 6.29. The normalized spacial score (nSPS) is 22.5. The minimum Gasteiger partial charge on any atom is -0.493 e. The fourth-order valence-corrected chi connectivity index (χ4v) is 3.38. The molecule has 1 saturated heterocycles. The first-order valence-corrected chi connectivity index (χ1v) is 8.49. The number of nitrogens with zero attached hydrogens (tertiary/aromatic N) is 1. The van der Waals surface area contributed by atoms with Crippen LogP contribution in [0.3, 0.4) is 0 Å². The molecule has 1 aromatic carbocycles. The molecule has 3 rings (SSSR count). The molecule has 0 bridgehead atoms. The minimum atomic E-state index is -0.896. The quantitative estimate of drug-likeness (QED) is 0.862. The summed E-state index contributed by atoms with van der Waals surface area (Å²) in [6, 6.07) is 7.57. The number of carboxylic acids is 1. The number of benzene rings is 1. The van der Waals surface area contributed by atoms with Crippen LogP contribution in [-0.2, 0) is 14.3 Å². The monoisotopic (exact) mass is 333 g/mol. The molecule has 1 amide bonds. The molecule has 0 aliphatic carbocycles. The summed E-state index contributed by atoms with van der Waals surface area (Å²) in [7, 11) is 0. The lowest BCUT2D eigenvalue weighted by molar-refractivity contribution is -0.139. The lowest BCUT2D eigenvalue weighted by atomic mass is 9.91. The maximum absolute atomic E-state index is 13.1. The summed E-state index contributed by atoms with van der Waals surface area (Å²) in [5.74, 6) is -0.447. The molecule has 1 N–H and O–H groups in total. The summed E-state index contributed by atoms with van der Waals surface area (Å²) < 4.78 is 11.3. The third-order valence-corrected chi connectivity index (χ3v) is 4.61. The van der Waals surface area contributed by atoms with Crippen LogP contribution < -0.4 is 4.74 Å². The van der Waals surface area contributed by atoms with Crippen LogP contribution in [0.25, 0.3) is 0 Å². The standard InChI is InChI=1S/C18H23NO5/c20-17(21)7-9-19(12-13-4-3-10-23-13)18(22)15-8-11-24-16-6-2-1-5-14(15)16/h1-2,5-6,13,15H,3-4,7-12H2,(H,20,21)/t13-,15-/m0/s1. The van der Waals surface area contributed by atoms with Crippen molar-refractivity contribution < 1.29 is 24.2 Å². The van der Waals surface area contributed by atoms with Crippen LogP contribution in [0.4, 0.5) is 0 Å². The fourth-order valence-electron chi connectivity index (χ4n) is 3.38. The third-order valence-electron chi connectivity index (χ3n) is 4.61. The molecule has 130 valence electrons. The van der Waals surface area contributed by atoms with Crippen molar-refractivity contribution in [3.63, 3.8) is 0 Å². The molecule has 0 saturated carbocycles. The van der Waals surface area contributed by atoms with Crippen LogP contribution in [0.15, 0.2) is 24.3 Å². The second-order valence-electron chi connectivity index (χ2n) is 6.29. The van der Waals surface area contributed by atoms with Gasteiger partial charge in [-0.25, -0.2) is 0 Å². The Kier molecular flexibility index (Phi) is 5.35. The molecule has 24 heavy (non-hydrogen) atoms. The van der Waals surface area contributed by atoms with E-state index in [1.165, 1.54) is 0 Å². The lowest BCUT2D eigenvalue weighted by Gasteiger charge is -2.32. The number of aliphatic carboxylic acids is 1. The molecule has 0 unspecified atom stereocenters. The minimum absolute atomic E-state index is 0.0119. The van der Waals surface area contributed by atoms with Gasteiger partial charge in [-0.15, -0.1) is 0 Å². The fraction of sp³-hybridized carbons (Fsp3) is 0.556. The Morgan fingerprint density at radius 3 is 2.79 bits per heavy atom. The first-order valence-electron chi connectivity index (χ1n) is 8.49. The van der Waals surface area contributed by atoms with Gasteiger partial charge in [-0.3, -0.25) is 9.59 Å². The molecule has 0 aromatic heterocycles. The maximum atomic E-state index is 13.1. The SMILES string of the molecule is O=C(O)CCN(C[C@@H]1CCCO1)C(=O)[C@H]1CCOc2ccccc21. The molecule has 2 heterocycles. The van der Waals surface area contributed by atoms with E-state index >= 15 is 0 Å². The van der Waals surface area contributed by atoms with Crippen molar-refractivity contribution in [3.8, 4) is 5.75 Å². The highest BCUT2D eigenvalue weighted by atomic mass is 16.5. The van der Waals surface area contributed by atoms with Crippen LogP contribution in [-0.4, -0.2) is 54.3 Å². The second kappa shape index (κ2) is 7.66. The smallest absolute Gasteiger partial charge is 0.305 e. The molecule has 2 aliphatic heterocycles. The number of fused-ring (bicyclic) bond motifs is 1. The summed E-state index contributed by atoms with van der Waals surface area (Å²) >= 11 is 0. The van der Waals surface area contributed by atoms with Crippen molar-refractivity contribution in [2.45, 2.75) is 37.7 Å². The first kappa shape index (κ1) is 16.8. The van der Waals surface area contributed by atoms with E-state index in [1.807, 2.05) is 24.3 Å². The molecule has 6 heteroatoms. The molecule has 2 atom stereocenters. The first-order chi connectivity index (χ1) is 11.6. The molecular formula is C18H23NO5. The van der Waals surface area contributed by atoms with Crippen molar-refractivity contribution in [2.75, 3.05) is 26.3 Å². The number of carbonyl (C=O) groups excluding carboxylic acids is 1. The van der Waals surface area contributed by atoms with E-state index in [9.17, 15) is 9.59 Å². The summed E-state index contributed by atoms with van der Waals surface area (Å²) in [6.45, 7) is 1.89. The van der Waals surface area contributed by atoms with Gasteiger partial charge in [-0.1, -0.05) is 18.2 Å². The molecular weight excluding hydrogens is 310 g/mol. The van der Waals surface area contributed by atoms with Crippen LogP contribution in [0.2, 0.25) is 0 Å². The zero-order chi connectivity index (χ0) is 16.9. The zero-order valence-electron chi connectivity index (χ0n) is 13.6. The van der Waals surface area contributed by atoms with Crippen LogP contribution >= 0.6 is 0 Å². The molecule has 6 nitrogen and oxygen atoms in total. The predicted molar refractivity (Wildman–Crippen MR) is 87.1 cm³/mol. The Morgan fingerprint density at radius 2 is 2.04 bits per heavy atom. The van der Waals surface area contributed by atoms with Gasteiger partial charge >= 0.3 is 5.97 Å². The maximum Gasteiger partial charge on any atom is 0.305 e. The summed E-state index contributed by atoms with van der Waals surface area (Å²) in [6.07, 6.45) is 2.49. The number of carboxylic acid groups (broad SMARTS) is 1. The van der Waals surface area contributed by atoms with E-state index in [2.05, 4.69) is 0 Å². The Bertz CT molecular complexity index is 597. The van der Waals surface area contributed by atoms with Crippen LogP contribution in [0.1, 0.15) is 37.2 Å². The van der Waals surface area contributed by atoms with Gasteiger partial charge in [-0.2, -0.15) is 0 Å². The number of amides is 1. The third kappa shape index (κ3) is 3.87. The van der Waals surface area contributed by atoms with E-state index in [4.69, 9.17) is 14.6 Å². The number of hydrogen-bond acceptors (Lipinski definition) is 4. The van der Waals surface area contributed by atoms with Gasteiger partial charge in [0.15, 0.2) is 0 Å². The Balaban J connectivity index is 1.75. The van der Waals surface area contributed by atoms with Gasteiger partial charge in [0.05, 0.1) is 25.0 Å². The lowest BCUT2D eigenvalue weighted by Crippen LogP contribution is -2.42.